The molecule has 4 heteroatoms. The molecule has 1 aliphatic heterocycles. The van der Waals surface area contributed by atoms with Gasteiger partial charge < -0.3 is 11.1 Å². The minimum absolute atomic E-state index is 0.0207. The second-order valence-electron chi connectivity index (χ2n) is 7.78. The van der Waals surface area contributed by atoms with E-state index in [9.17, 15) is 4.79 Å². The summed E-state index contributed by atoms with van der Waals surface area (Å²) in [5, 5.41) is 3.13. The summed E-state index contributed by atoms with van der Waals surface area (Å²) >= 11 is 0. The molecular formula is C21H35N3O. The zero-order valence-electron chi connectivity index (χ0n) is 15.9. The number of carbonyl (C=O) groups is 1. The topological polar surface area (TPSA) is 58.4 Å². The number of nitrogens with one attached hydrogen (secondary N) is 1. The van der Waals surface area contributed by atoms with Crippen molar-refractivity contribution in [3.05, 3.63) is 35.9 Å². The fourth-order valence-corrected chi connectivity index (χ4v) is 3.75. The average Bonchev–Trinajstić information content (AvgIpc) is 3.02. The van der Waals surface area contributed by atoms with E-state index in [2.05, 4.69) is 48.3 Å². The monoisotopic (exact) mass is 345 g/mol. The fourth-order valence-electron chi connectivity index (χ4n) is 3.75. The number of rotatable bonds is 10. The lowest BCUT2D eigenvalue weighted by Crippen LogP contribution is -2.47. The predicted molar refractivity (Wildman–Crippen MR) is 104 cm³/mol. The van der Waals surface area contributed by atoms with Gasteiger partial charge >= 0.3 is 0 Å². The average molecular weight is 346 g/mol. The number of benzene rings is 1. The van der Waals surface area contributed by atoms with Crippen LogP contribution in [0.15, 0.2) is 30.3 Å². The quantitative estimate of drug-likeness (QED) is 0.641. The molecule has 3 N–H and O–H groups in total. The van der Waals surface area contributed by atoms with Crippen molar-refractivity contribution >= 4 is 5.91 Å². The van der Waals surface area contributed by atoms with Crippen molar-refractivity contribution < 1.29 is 4.79 Å². The molecule has 1 aromatic carbocycles. The zero-order chi connectivity index (χ0) is 18.1. The Morgan fingerprint density at radius 2 is 2.04 bits per heavy atom. The molecule has 0 aromatic heterocycles. The van der Waals surface area contributed by atoms with E-state index in [1.54, 1.807) is 0 Å². The molecule has 0 saturated carbocycles. The third-order valence-electron chi connectivity index (χ3n) is 4.94. The molecule has 1 amide bonds. The molecule has 2 atom stereocenters. The normalized spacial score (nSPS) is 19.3. The number of hydrogen-bond acceptors (Lipinski definition) is 3. The molecule has 4 nitrogen and oxygen atoms in total. The van der Waals surface area contributed by atoms with Crippen LogP contribution in [0.5, 0.6) is 0 Å². The van der Waals surface area contributed by atoms with Crippen LogP contribution in [-0.2, 0) is 11.2 Å². The van der Waals surface area contributed by atoms with Gasteiger partial charge in [-0.25, -0.2) is 0 Å². The largest absolute Gasteiger partial charge is 0.355 e. The summed E-state index contributed by atoms with van der Waals surface area (Å²) in [5.74, 6) is 0.795. The summed E-state index contributed by atoms with van der Waals surface area (Å²) in [7, 11) is 0. The molecule has 0 spiro atoms. The highest BCUT2D eigenvalue weighted by molar-refractivity contribution is 5.82. The van der Waals surface area contributed by atoms with E-state index in [0.717, 1.165) is 58.2 Å². The smallest absolute Gasteiger partial charge is 0.237 e. The molecule has 1 fully saturated rings. The molecule has 1 saturated heterocycles. The molecule has 1 aliphatic rings. The van der Waals surface area contributed by atoms with E-state index in [1.165, 1.54) is 5.56 Å². The van der Waals surface area contributed by atoms with Crippen LogP contribution in [0, 0.1) is 5.92 Å². The van der Waals surface area contributed by atoms with Gasteiger partial charge in [0.25, 0.3) is 0 Å². The highest BCUT2D eigenvalue weighted by Gasteiger charge is 2.31. The van der Waals surface area contributed by atoms with E-state index >= 15 is 0 Å². The Morgan fingerprint density at radius 1 is 1.28 bits per heavy atom. The maximum atomic E-state index is 12.5. The van der Waals surface area contributed by atoms with E-state index in [-0.39, 0.29) is 18.0 Å². The minimum atomic E-state index is 0.0207. The van der Waals surface area contributed by atoms with Gasteiger partial charge in [-0.2, -0.15) is 0 Å². The SMILES string of the molecule is CC(C)C[C@@H](N)CN1CCC[C@H]1C(=O)NCCCCc1ccccc1. The van der Waals surface area contributed by atoms with E-state index < -0.39 is 0 Å². The van der Waals surface area contributed by atoms with Gasteiger partial charge in [-0.15, -0.1) is 0 Å². The number of nitrogens with zero attached hydrogens (tertiary/aromatic N) is 1. The molecule has 140 valence electrons. The molecule has 25 heavy (non-hydrogen) atoms. The van der Waals surface area contributed by atoms with Gasteiger partial charge in [0.1, 0.15) is 0 Å². The zero-order valence-corrected chi connectivity index (χ0v) is 15.9. The van der Waals surface area contributed by atoms with Crippen LogP contribution in [0.1, 0.15) is 51.5 Å². The number of likely N-dealkylation sites (tertiary alicyclic amines) is 1. The Morgan fingerprint density at radius 3 is 2.76 bits per heavy atom. The lowest BCUT2D eigenvalue weighted by molar-refractivity contribution is -0.125. The van der Waals surface area contributed by atoms with Gasteiger partial charge in [-0.1, -0.05) is 44.2 Å². The lowest BCUT2D eigenvalue weighted by atomic mass is 10.0. The first kappa shape index (κ1) is 19.9. The standard InChI is InChI=1S/C21H35N3O/c1-17(2)15-19(22)16-24-14-8-12-20(24)21(25)23-13-7-6-11-18-9-4-3-5-10-18/h3-5,9-10,17,19-20H,6-8,11-16,22H2,1-2H3,(H,23,25)/t19-,20+/m1/s1. The minimum Gasteiger partial charge on any atom is -0.355 e. The molecular weight excluding hydrogens is 310 g/mol. The lowest BCUT2D eigenvalue weighted by Gasteiger charge is -2.27. The first-order chi connectivity index (χ1) is 12.1. The van der Waals surface area contributed by atoms with Crippen LogP contribution in [-0.4, -0.2) is 42.5 Å². The van der Waals surface area contributed by atoms with Crippen LogP contribution in [0.3, 0.4) is 0 Å². The first-order valence-corrected chi connectivity index (χ1v) is 9.87. The van der Waals surface area contributed by atoms with Crippen molar-refractivity contribution in [3.63, 3.8) is 0 Å². The van der Waals surface area contributed by atoms with Crippen LogP contribution < -0.4 is 11.1 Å². The third kappa shape index (κ3) is 7.17. The van der Waals surface area contributed by atoms with Crippen molar-refractivity contribution in [1.29, 1.82) is 0 Å². The van der Waals surface area contributed by atoms with Crippen molar-refractivity contribution in [1.82, 2.24) is 10.2 Å². The summed E-state index contributed by atoms with van der Waals surface area (Å²) in [6.07, 6.45) is 6.30. The molecule has 0 radical (unpaired) electrons. The van der Waals surface area contributed by atoms with Crippen LogP contribution in [0.2, 0.25) is 0 Å². The van der Waals surface area contributed by atoms with Gasteiger partial charge in [0.15, 0.2) is 0 Å². The van der Waals surface area contributed by atoms with Gasteiger partial charge in [0.2, 0.25) is 5.91 Å². The number of aryl methyl sites for hydroxylation is 1. The molecule has 0 aliphatic carbocycles. The Hall–Kier alpha value is -1.39. The maximum absolute atomic E-state index is 12.5. The van der Waals surface area contributed by atoms with Gasteiger partial charge in [0, 0.05) is 19.1 Å². The Bertz CT molecular complexity index is 503. The Labute approximate surface area is 153 Å². The van der Waals surface area contributed by atoms with E-state index in [0.29, 0.717) is 5.92 Å². The number of nitrogens with two attached hydrogens (primary N) is 1. The highest BCUT2D eigenvalue weighted by atomic mass is 16.2. The second-order valence-corrected chi connectivity index (χ2v) is 7.78. The van der Waals surface area contributed by atoms with E-state index in [4.69, 9.17) is 5.73 Å². The van der Waals surface area contributed by atoms with Crippen LogP contribution >= 0.6 is 0 Å². The van der Waals surface area contributed by atoms with Crippen molar-refractivity contribution in [2.24, 2.45) is 11.7 Å². The van der Waals surface area contributed by atoms with Gasteiger partial charge in [0.05, 0.1) is 6.04 Å². The van der Waals surface area contributed by atoms with Crippen molar-refractivity contribution in [2.45, 2.75) is 64.5 Å². The number of amides is 1. The number of carbonyl (C=O) groups excluding carboxylic acids is 1. The molecule has 1 heterocycles. The Balaban J connectivity index is 1.65. The summed E-state index contributed by atoms with van der Waals surface area (Å²) in [6.45, 7) is 7.00. The third-order valence-corrected chi connectivity index (χ3v) is 4.94. The fraction of sp³-hybridized carbons (Fsp3) is 0.667. The summed E-state index contributed by atoms with van der Waals surface area (Å²) in [5.41, 5.74) is 7.61. The van der Waals surface area contributed by atoms with E-state index in [1.807, 2.05) is 6.07 Å². The van der Waals surface area contributed by atoms with Gasteiger partial charge in [-0.05, 0) is 56.6 Å². The molecule has 1 aromatic rings. The van der Waals surface area contributed by atoms with Crippen molar-refractivity contribution in [2.75, 3.05) is 19.6 Å². The molecule has 0 unspecified atom stereocenters. The number of hydrogen-bond donors (Lipinski definition) is 2. The van der Waals surface area contributed by atoms with Crippen LogP contribution in [0.25, 0.3) is 0 Å². The number of unbranched alkanes of at least 4 members (excludes halogenated alkanes) is 1. The summed E-state index contributed by atoms with van der Waals surface area (Å²) in [6, 6.07) is 10.7. The summed E-state index contributed by atoms with van der Waals surface area (Å²) < 4.78 is 0. The Kier molecular flexibility index (Phi) is 8.42. The second kappa shape index (κ2) is 10.6. The maximum Gasteiger partial charge on any atom is 0.237 e. The molecule has 0 bridgehead atoms. The van der Waals surface area contributed by atoms with Crippen molar-refractivity contribution in [3.8, 4) is 0 Å². The van der Waals surface area contributed by atoms with Crippen LogP contribution in [0.4, 0.5) is 0 Å². The first-order valence-electron chi connectivity index (χ1n) is 9.87. The predicted octanol–water partition coefficient (Wildman–Crippen LogP) is 2.96. The molecule has 2 rings (SSSR count). The van der Waals surface area contributed by atoms with Gasteiger partial charge in [-0.3, -0.25) is 9.69 Å². The summed E-state index contributed by atoms with van der Waals surface area (Å²) in [4.78, 5) is 14.8. The highest BCUT2D eigenvalue weighted by Crippen LogP contribution is 2.18.